The summed E-state index contributed by atoms with van der Waals surface area (Å²) in [5.74, 6) is 0.815. The summed E-state index contributed by atoms with van der Waals surface area (Å²) in [4.78, 5) is 19.0. The smallest absolute Gasteiger partial charge is 0.257 e. The third-order valence-corrected chi connectivity index (χ3v) is 5.21. The highest BCUT2D eigenvalue weighted by molar-refractivity contribution is 7.13. The molecule has 1 N–H and O–H groups in total. The first-order valence-corrected chi connectivity index (χ1v) is 8.78. The molecule has 6 heteroatoms. The molecule has 0 saturated heterocycles. The van der Waals surface area contributed by atoms with Crippen LogP contribution in [0.15, 0.2) is 53.9 Å². The molecule has 5 nitrogen and oxygen atoms in total. The highest BCUT2D eigenvalue weighted by atomic mass is 32.1. The van der Waals surface area contributed by atoms with Crippen molar-refractivity contribution in [2.24, 2.45) is 0 Å². The van der Waals surface area contributed by atoms with Gasteiger partial charge >= 0.3 is 0 Å². The number of methoxy groups -OCH3 is 1. The first-order valence-electron chi connectivity index (χ1n) is 7.90. The van der Waals surface area contributed by atoms with Crippen LogP contribution in [0.25, 0.3) is 10.6 Å². The van der Waals surface area contributed by atoms with Gasteiger partial charge in [0, 0.05) is 23.7 Å². The van der Waals surface area contributed by atoms with Crippen molar-refractivity contribution >= 4 is 22.9 Å². The molecule has 1 aliphatic rings. The number of aromatic nitrogens is 1. The van der Waals surface area contributed by atoms with E-state index in [1.54, 1.807) is 30.4 Å². The van der Waals surface area contributed by atoms with Crippen molar-refractivity contribution in [2.45, 2.75) is 6.17 Å². The van der Waals surface area contributed by atoms with E-state index in [2.05, 4.69) is 5.32 Å². The Morgan fingerprint density at radius 3 is 2.68 bits per heavy atom. The molecule has 2 heterocycles. The predicted octanol–water partition coefficient (Wildman–Crippen LogP) is 4.02. The lowest BCUT2D eigenvalue weighted by Gasteiger charge is -2.34. The van der Waals surface area contributed by atoms with Gasteiger partial charge in [0.2, 0.25) is 0 Å². The molecule has 25 heavy (non-hydrogen) atoms. The van der Waals surface area contributed by atoms with Crippen molar-refractivity contribution < 1.29 is 9.53 Å². The lowest BCUT2D eigenvalue weighted by Crippen LogP contribution is -2.40. The second kappa shape index (κ2) is 6.22. The van der Waals surface area contributed by atoms with Gasteiger partial charge < -0.3 is 15.0 Å². The van der Waals surface area contributed by atoms with Crippen LogP contribution in [-0.2, 0) is 0 Å². The molecule has 0 unspecified atom stereocenters. The summed E-state index contributed by atoms with van der Waals surface area (Å²) in [5, 5.41) is 6.32. The van der Waals surface area contributed by atoms with Crippen LogP contribution >= 0.6 is 11.3 Å². The number of thiazole rings is 1. The van der Waals surface area contributed by atoms with Gasteiger partial charge in [-0.2, -0.15) is 0 Å². The number of amides is 1. The Morgan fingerprint density at radius 2 is 1.92 bits per heavy atom. The van der Waals surface area contributed by atoms with Crippen molar-refractivity contribution in [1.82, 2.24) is 9.88 Å². The van der Waals surface area contributed by atoms with E-state index in [-0.39, 0.29) is 12.1 Å². The monoisotopic (exact) mass is 351 g/mol. The van der Waals surface area contributed by atoms with E-state index in [0.29, 0.717) is 5.56 Å². The topological polar surface area (TPSA) is 54.5 Å². The second-order valence-electron chi connectivity index (χ2n) is 5.81. The second-order valence-corrected chi connectivity index (χ2v) is 6.67. The number of rotatable bonds is 3. The van der Waals surface area contributed by atoms with Crippen molar-refractivity contribution in [3.05, 3.63) is 65.2 Å². The minimum atomic E-state index is -0.273. The molecule has 3 aromatic rings. The standard InChI is InChI=1S/C19H17N3O2S/c1-22-17(20-15-6-4-3-5-14(15)19(22)23)16-11-25-18(21-16)12-7-9-13(24-2)10-8-12/h3-11,17,20H,1-2H3/t17-/m1/s1. The molecule has 4 rings (SSSR count). The van der Waals surface area contributed by atoms with E-state index in [0.717, 1.165) is 27.7 Å². The summed E-state index contributed by atoms with van der Waals surface area (Å²) in [5.41, 5.74) is 3.39. The van der Waals surface area contributed by atoms with Gasteiger partial charge in [0.15, 0.2) is 0 Å². The number of para-hydroxylation sites is 1. The highest BCUT2D eigenvalue weighted by Crippen LogP contribution is 2.34. The fourth-order valence-corrected chi connectivity index (χ4v) is 3.74. The molecule has 1 aliphatic heterocycles. The van der Waals surface area contributed by atoms with Gasteiger partial charge in [-0.05, 0) is 36.4 Å². The van der Waals surface area contributed by atoms with Gasteiger partial charge in [0.25, 0.3) is 5.91 Å². The number of fused-ring (bicyclic) bond motifs is 1. The Labute approximate surface area is 149 Å². The number of benzene rings is 2. The van der Waals surface area contributed by atoms with E-state index in [1.165, 1.54) is 0 Å². The minimum absolute atomic E-state index is 0.00153. The highest BCUT2D eigenvalue weighted by Gasteiger charge is 2.31. The van der Waals surface area contributed by atoms with E-state index >= 15 is 0 Å². The predicted molar refractivity (Wildman–Crippen MR) is 99.0 cm³/mol. The molecule has 1 aromatic heterocycles. The third kappa shape index (κ3) is 2.74. The molecular weight excluding hydrogens is 334 g/mol. The first kappa shape index (κ1) is 15.7. The maximum absolute atomic E-state index is 12.6. The quantitative estimate of drug-likeness (QED) is 0.774. The van der Waals surface area contributed by atoms with Gasteiger partial charge in [-0.25, -0.2) is 4.98 Å². The van der Waals surface area contributed by atoms with E-state index in [4.69, 9.17) is 9.72 Å². The van der Waals surface area contributed by atoms with Crippen LogP contribution in [0.5, 0.6) is 5.75 Å². The molecule has 2 aromatic carbocycles. The number of nitrogens with one attached hydrogen (secondary N) is 1. The lowest BCUT2D eigenvalue weighted by molar-refractivity contribution is 0.0733. The first-order chi connectivity index (χ1) is 12.2. The molecule has 0 saturated carbocycles. The fourth-order valence-electron chi connectivity index (χ4n) is 2.90. The largest absolute Gasteiger partial charge is 0.497 e. The number of hydrogen-bond acceptors (Lipinski definition) is 5. The molecule has 126 valence electrons. The minimum Gasteiger partial charge on any atom is -0.497 e. The maximum Gasteiger partial charge on any atom is 0.257 e. The van der Waals surface area contributed by atoms with Gasteiger partial charge in [-0.1, -0.05) is 12.1 Å². The number of anilines is 1. The fraction of sp³-hybridized carbons (Fsp3) is 0.158. The molecule has 0 radical (unpaired) electrons. The summed E-state index contributed by atoms with van der Waals surface area (Å²) >= 11 is 1.56. The summed E-state index contributed by atoms with van der Waals surface area (Å²) in [7, 11) is 3.44. The van der Waals surface area contributed by atoms with Crippen molar-refractivity contribution in [3.63, 3.8) is 0 Å². The molecular formula is C19H17N3O2S. The molecule has 0 spiro atoms. The Bertz CT molecular complexity index is 920. The van der Waals surface area contributed by atoms with E-state index < -0.39 is 0 Å². The van der Waals surface area contributed by atoms with Gasteiger partial charge in [-0.3, -0.25) is 4.79 Å². The summed E-state index contributed by atoms with van der Waals surface area (Å²) in [6.45, 7) is 0. The van der Waals surface area contributed by atoms with Gasteiger partial charge in [0.1, 0.15) is 16.9 Å². The van der Waals surface area contributed by atoms with Gasteiger partial charge in [-0.15, -0.1) is 11.3 Å². The van der Waals surface area contributed by atoms with Crippen LogP contribution in [0, 0.1) is 0 Å². The van der Waals surface area contributed by atoms with Crippen LogP contribution in [0.4, 0.5) is 5.69 Å². The molecule has 1 atom stereocenters. The number of carbonyl (C=O) groups is 1. The molecule has 1 amide bonds. The summed E-state index contributed by atoms with van der Waals surface area (Å²) in [6, 6.07) is 15.4. The van der Waals surface area contributed by atoms with Crippen LogP contribution in [0.3, 0.4) is 0 Å². The Balaban J connectivity index is 1.64. The number of hydrogen-bond donors (Lipinski definition) is 1. The SMILES string of the molecule is COc1ccc(-c2nc([C@@H]3Nc4ccccc4C(=O)N3C)cs2)cc1. The van der Waals surface area contributed by atoms with Gasteiger partial charge in [0.05, 0.1) is 18.4 Å². The maximum atomic E-state index is 12.6. The Morgan fingerprint density at radius 1 is 1.16 bits per heavy atom. The van der Waals surface area contributed by atoms with E-state index in [9.17, 15) is 4.79 Å². The number of carbonyl (C=O) groups excluding carboxylic acids is 1. The molecule has 0 bridgehead atoms. The molecule has 0 fully saturated rings. The average molecular weight is 351 g/mol. The normalized spacial score (nSPS) is 16.3. The zero-order chi connectivity index (χ0) is 17.4. The lowest BCUT2D eigenvalue weighted by atomic mass is 10.1. The van der Waals surface area contributed by atoms with Crippen LogP contribution in [0.2, 0.25) is 0 Å². The Hall–Kier alpha value is -2.86. The van der Waals surface area contributed by atoms with Crippen molar-refractivity contribution in [3.8, 4) is 16.3 Å². The molecule has 0 aliphatic carbocycles. The number of ether oxygens (including phenoxy) is 1. The van der Waals surface area contributed by atoms with Crippen molar-refractivity contribution in [1.29, 1.82) is 0 Å². The summed E-state index contributed by atoms with van der Waals surface area (Å²) < 4.78 is 5.19. The zero-order valence-corrected chi connectivity index (χ0v) is 14.7. The van der Waals surface area contributed by atoms with Crippen LogP contribution < -0.4 is 10.1 Å². The number of nitrogens with zero attached hydrogens (tertiary/aromatic N) is 2. The third-order valence-electron chi connectivity index (χ3n) is 4.30. The van der Waals surface area contributed by atoms with Crippen LogP contribution in [-0.4, -0.2) is 29.9 Å². The van der Waals surface area contributed by atoms with E-state index in [1.807, 2.05) is 53.9 Å². The van der Waals surface area contributed by atoms with Crippen LogP contribution in [0.1, 0.15) is 22.2 Å². The summed E-state index contributed by atoms with van der Waals surface area (Å²) in [6.07, 6.45) is -0.273. The van der Waals surface area contributed by atoms with Crippen molar-refractivity contribution in [2.75, 3.05) is 19.5 Å². The average Bonchev–Trinajstić information content (AvgIpc) is 3.14. The Kier molecular flexibility index (Phi) is 3.89. The zero-order valence-electron chi connectivity index (χ0n) is 13.9.